The number of phenols is 4. The van der Waals surface area contributed by atoms with Gasteiger partial charge in [0.05, 0.1) is 6.42 Å². The molecular weight excluding hydrogens is 400 g/mol. The lowest BCUT2D eigenvalue weighted by molar-refractivity contribution is -0.160. The van der Waals surface area contributed by atoms with E-state index in [-0.39, 0.29) is 23.3 Å². The molecule has 0 saturated heterocycles. The number of hydrogen-bond acceptors (Lipinski definition) is 8. The molecule has 158 valence electrons. The average molecular weight is 418 g/mol. The fourth-order valence-electron chi connectivity index (χ4n) is 2.56. The summed E-state index contributed by atoms with van der Waals surface area (Å²) in [5.74, 6) is -5.81. The van der Waals surface area contributed by atoms with Gasteiger partial charge in [-0.25, -0.2) is 9.59 Å². The van der Waals surface area contributed by atoms with Gasteiger partial charge in [0.2, 0.25) is 6.10 Å². The standard InChI is InChI=1S/C20H18O10/c21-13-4-1-10(7-15(13)23)8-16(20(28)29)30-18(26)6-3-11-2-5-14(22)19(27)12(11)9-17(24)25/h1-7,16,21-23,27H,8-9H2,(H,24,25)(H,28,29)/b6-3+/t16-/m0/s1. The van der Waals surface area contributed by atoms with Gasteiger partial charge in [0.25, 0.3) is 0 Å². The summed E-state index contributed by atoms with van der Waals surface area (Å²) < 4.78 is 4.89. The van der Waals surface area contributed by atoms with Crippen LogP contribution in [0.5, 0.6) is 23.0 Å². The number of esters is 1. The summed E-state index contributed by atoms with van der Waals surface area (Å²) >= 11 is 0. The van der Waals surface area contributed by atoms with Crippen molar-refractivity contribution in [3.63, 3.8) is 0 Å². The number of carboxylic acids is 2. The highest BCUT2D eigenvalue weighted by molar-refractivity contribution is 5.90. The van der Waals surface area contributed by atoms with Crippen LogP contribution >= 0.6 is 0 Å². The van der Waals surface area contributed by atoms with Crippen LogP contribution in [0.15, 0.2) is 36.4 Å². The number of benzene rings is 2. The predicted molar refractivity (Wildman–Crippen MR) is 101 cm³/mol. The van der Waals surface area contributed by atoms with Crippen LogP contribution in [-0.2, 0) is 32.0 Å². The Morgan fingerprint density at radius 2 is 1.60 bits per heavy atom. The summed E-state index contributed by atoms with van der Waals surface area (Å²) in [4.78, 5) is 34.4. The first kappa shape index (κ1) is 22.1. The van der Waals surface area contributed by atoms with E-state index in [1.165, 1.54) is 12.1 Å². The lowest BCUT2D eigenvalue weighted by atomic mass is 10.0. The van der Waals surface area contributed by atoms with Gasteiger partial charge in [0, 0.05) is 18.1 Å². The predicted octanol–water partition coefficient (Wildman–Crippen LogP) is 1.39. The molecule has 2 rings (SSSR count). The van der Waals surface area contributed by atoms with Crippen LogP contribution in [0.4, 0.5) is 0 Å². The Balaban J connectivity index is 2.17. The highest BCUT2D eigenvalue weighted by Gasteiger charge is 2.22. The number of aromatic hydroxyl groups is 4. The molecule has 0 bridgehead atoms. The molecule has 0 aromatic heterocycles. The van der Waals surface area contributed by atoms with Gasteiger partial charge >= 0.3 is 17.9 Å². The number of hydrogen-bond donors (Lipinski definition) is 6. The number of phenolic OH excluding ortho intramolecular Hbond substituents is 4. The van der Waals surface area contributed by atoms with Gasteiger partial charge in [-0.05, 0) is 35.4 Å². The quantitative estimate of drug-likeness (QED) is 0.208. The molecule has 0 aliphatic rings. The van der Waals surface area contributed by atoms with Gasteiger partial charge < -0.3 is 35.4 Å². The largest absolute Gasteiger partial charge is 0.504 e. The van der Waals surface area contributed by atoms with Gasteiger partial charge in [-0.2, -0.15) is 0 Å². The molecule has 1 atom stereocenters. The molecule has 30 heavy (non-hydrogen) atoms. The molecule has 10 heteroatoms. The Bertz CT molecular complexity index is 1010. The molecule has 0 fully saturated rings. The number of carboxylic acid groups (broad SMARTS) is 2. The minimum atomic E-state index is -1.60. The van der Waals surface area contributed by atoms with Crippen molar-refractivity contribution in [3.05, 3.63) is 53.1 Å². The fraction of sp³-hybridized carbons (Fsp3) is 0.150. The second kappa shape index (κ2) is 9.32. The maximum Gasteiger partial charge on any atom is 0.345 e. The third-order valence-electron chi connectivity index (χ3n) is 4.02. The van der Waals surface area contributed by atoms with Gasteiger partial charge in [-0.1, -0.05) is 12.1 Å². The van der Waals surface area contributed by atoms with Crippen molar-refractivity contribution in [3.8, 4) is 23.0 Å². The molecule has 0 aliphatic heterocycles. The van der Waals surface area contributed by atoms with Gasteiger partial charge in [-0.3, -0.25) is 4.79 Å². The first-order valence-electron chi connectivity index (χ1n) is 8.46. The molecular formula is C20H18O10. The van der Waals surface area contributed by atoms with Crippen molar-refractivity contribution < 1.29 is 49.8 Å². The fourth-order valence-corrected chi connectivity index (χ4v) is 2.56. The summed E-state index contributed by atoms with van der Waals surface area (Å²) in [6, 6.07) is 6.01. The molecule has 0 saturated carbocycles. The van der Waals surface area contributed by atoms with E-state index in [1.807, 2.05) is 0 Å². The zero-order chi connectivity index (χ0) is 22.4. The van der Waals surface area contributed by atoms with E-state index in [0.717, 1.165) is 30.4 Å². The SMILES string of the molecule is O=C(O)Cc1c(/C=C/C(=O)O[C@@H](Cc2ccc(O)c(O)c2)C(=O)O)ccc(O)c1O. The van der Waals surface area contributed by atoms with E-state index in [4.69, 9.17) is 9.84 Å². The van der Waals surface area contributed by atoms with Crippen molar-refractivity contribution in [2.45, 2.75) is 18.9 Å². The summed E-state index contributed by atoms with van der Waals surface area (Å²) in [6.45, 7) is 0. The average Bonchev–Trinajstić information content (AvgIpc) is 2.66. The molecule has 0 amide bonds. The van der Waals surface area contributed by atoms with Crippen molar-refractivity contribution in [2.75, 3.05) is 0 Å². The van der Waals surface area contributed by atoms with E-state index in [9.17, 15) is 39.9 Å². The highest BCUT2D eigenvalue weighted by Crippen LogP contribution is 2.32. The smallest absolute Gasteiger partial charge is 0.345 e. The van der Waals surface area contributed by atoms with Crippen molar-refractivity contribution >= 4 is 24.0 Å². The first-order chi connectivity index (χ1) is 14.1. The second-order valence-electron chi connectivity index (χ2n) is 6.20. The topological polar surface area (TPSA) is 182 Å². The Hall–Kier alpha value is -4.21. The van der Waals surface area contributed by atoms with Crippen LogP contribution in [0, 0.1) is 0 Å². The Morgan fingerprint density at radius 1 is 0.933 bits per heavy atom. The maximum absolute atomic E-state index is 12.0. The zero-order valence-corrected chi connectivity index (χ0v) is 15.3. The lowest BCUT2D eigenvalue weighted by Crippen LogP contribution is -2.28. The number of rotatable bonds is 8. The van der Waals surface area contributed by atoms with E-state index < -0.39 is 47.7 Å². The van der Waals surface area contributed by atoms with Crippen LogP contribution in [0.3, 0.4) is 0 Å². The molecule has 0 unspecified atom stereocenters. The minimum Gasteiger partial charge on any atom is -0.504 e. The van der Waals surface area contributed by atoms with Crippen molar-refractivity contribution in [2.24, 2.45) is 0 Å². The van der Waals surface area contributed by atoms with E-state index >= 15 is 0 Å². The summed E-state index contributed by atoms with van der Waals surface area (Å²) in [7, 11) is 0. The molecule has 0 spiro atoms. The second-order valence-corrected chi connectivity index (χ2v) is 6.20. The van der Waals surface area contributed by atoms with Crippen LogP contribution in [-0.4, -0.2) is 54.7 Å². The van der Waals surface area contributed by atoms with Crippen LogP contribution in [0.25, 0.3) is 6.08 Å². The molecule has 2 aromatic rings. The molecule has 2 aromatic carbocycles. The third kappa shape index (κ3) is 5.64. The molecule has 0 aliphatic carbocycles. The van der Waals surface area contributed by atoms with Gasteiger partial charge in [0.1, 0.15) is 0 Å². The molecule has 0 radical (unpaired) electrons. The Labute approximate surface area is 169 Å². The van der Waals surface area contributed by atoms with E-state index in [1.54, 1.807) is 0 Å². The number of carbonyl (C=O) groups excluding carboxylic acids is 1. The van der Waals surface area contributed by atoms with E-state index in [0.29, 0.717) is 5.56 Å². The maximum atomic E-state index is 12.0. The highest BCUT2D eigenvalue weighted by atomic mass is 16.6. The number of aliphatic carboxylic acids is 2. The molecule has 6 N–H and O–H groups in total. The lowest BCUT2D eigenvalue weighted by Gasteiger charge is -2.13. The summed E-state index contributed by atoms with van der Waals surface area (Å²) in [6.07, 6.45) is -0.547. The monoisotopic (exact) mass is 418 g/mol. The van der Waals surface area contributed by atoms with Crippen LogP contribution < -0.4 is 0 Å². The van der Waals surface area contributed by atoms with Gasteiger partial charge in [-0.15, -0.1) is 0 Å². The third-order valence-corrected chi connectivity index (χ3v) is 4.02. The zero-order valence-electron chi connectivity index (χ0n) is 15.3. The number of carbonyl (C=O) groups is 3. The van der Waals surface area contributed by atoms with Crippen LogP contribution in [0.2, 0.25) is 0 Å². The Morgan fingerprint density at radius 3 is 2.20 bits per heavy atom. The first-order valence-corrected chi connectivity index (χ1v) is 8.46. The Kier molecular flexibility index (Phi) is 6.86. The minimum absolute atomic E-state index is 0.111. The normalized spacial score (nSPS) is 11.9. The molecule has 0 heterocycles. The van der Waals surface area contributed by atoms with Gasteiger partial charge in [0.15, 0.2) is 23.0 Å². The summed E-state index contributed by atoms with van der Waals surface area (Å²) in [5.41, 5.74) is 0.266. The van der Waals surface area contributed by atoms with E-state index in [2.05, 4.69) is 0 Å². The number of ether oxygens (including phenoxy) is 1. The molecule has 10 nitrogen and oxygen atoms in total. The van der Waals surface area contributed by atoms with Crippen molar-refractivity contribution in [1.82, 2.24) is 0 Å². The summed E-state index contributed by atoms with van der Waals surface area (Å²) in [5, 5.41) is 56.3. The van der Waals surface area contributed by atoms with Crippen LogP contribution in [0.1, 0.15) is 16.7 Å². The van der Waals surface area contributed by atoms with Crippen molar-refractivity contribution in [1.29, 1.82) is 0 Å².